The van der Waals surface area contributed by atoms with E-state index in [1.54, 1.807) is 38.1 Å². The average molecular weight is 318 g/mol. The molecule has 3 N–H and O–H groups in total. The first-order valence-corrected chi connectivity index (χ1v) is 7.26. The molecule has 0 radical (unpaired) electrons. The van der Waals surface area contributed by atoms with Gasteiger partial charge in [0, 0.05) is 14.1 Å². The minimum Gasteiger partial charge on any atom is -0.463 e. The number of carbonyl (C=O) groups excluding carboxylic acids is 1. The van der Waals surface area contributed by atoms with Crippen LogP contribution in [0.5, 0.6) is 0 Å². The molecular formula is C16H22N4O3. The second-order valence-corrected chi connectivity index (χ2v) is 5.77. The fourth-order valence-corrected chi connectivity index (χ4v) is 1.97. The number of pyridine rings is 1. The molecule has 0 saturated carbocycles. The molecule has 7 nitrogen and oxygen atoms in total. The Balaban J connectivity index is 1.93. The van der Waals surface area contributed by atoms with Crippen LogP contribution in [-0.2, 0) is 5.60 Å². The van der Waals surface area contributed by atoms with E-state index in [1.807, 2.05) is 25.1 Å². The summed E-state index contributed by atoms with van der Waals surface area (Å²) in [7, 11) is 3.74. The van der Waals surface area contributed by atoms with E-state index in [0.29, 0.717) is 17.3 Å². The summed E-state index contributed by atoms with van der Waals surface area (Å²) in [6, 6.07) is 8.35. The number of hydrogen-bond donors (Lipinski definition) is 3. The van der Waals surface area contributed by atoms with Gasteiger partial charge in [-0.15, -0.1) is 0 Å². The Morgan fingerprint density at radius 1 is 1.35 bits per heavy atom. The predicted molar refractivity (Wildman–Crippen MR) is 88.6 cm³/mol. The molecule has 2 rings (SSSR count). The number of nitrogens with zero attached hydrogens (tertiary/aromatic N) is 2. The summed E-state index contributed by atoms with van der Waals surface area (Å²) >= 11 is 0. The number of amides is 2. The highest BCUT2D eigenvalue weighted by molar-refractivity contribution is 5.88. The quantitative estimate of drug-likeness (QED) is 0.785. The van der Waals surface area contributed by atoms with Crippen LogP contribution in [0.3, 0.4) is 0 Å². The van der Waals surface area contributed by atoms with Gasteiger partial charge in [-0.2, -0.15) is 0 Å². The zero-order chi connectivity index (χ0) is 17.0. The summed E-state index contributed by atoms with van der Waals surface area (Å²) in [6.45, 7) is 3.39. The number of rotatable bonds is 5. The van der Waals surface area contributed by atoms with Crippen molar-refractivity contribution in [3.63, 3.8) is 0 Å². The lowest BCUT2D eigenvalue weighted by Crippen LogP contribution is -2.40. The summed E-state index contributed by atoms with van der Waals surface area (Å²) in [5.41, 5.74) is -1.29. The molecule has 7 heteroatoms. The van der Waals surface area contributed by atoms with Crippen molar-refractivity contribution >= 4 is 17.7 Å². The Morgan fingerprint density at radius 3 is 2.70 bits per heavy atom. The van der Waals surface area contributed by atoms with E-state index < -0.39 is 11.6 Å². The van der Waals surface area contributed by atoms with Crippen molar-refractivity contribution in [1.29, 1.82) is 0 Å². The van der Waals surface area contributed by atoms with Gasteiger partial charge >= 0.3 is 6.03 Å². The van der Waals surface area contributed by atoms with Gasteiger partial charge in [0.15, 0.2) is 0 Å². The Labute approximate surface area is 135 Å². The number of aliphatic hydroxyl groups is 1. The number of aromatic nitrogens is 1. The molecule has 0 unspecified atom stereocenters. The van der Waals surface area contributed by atoms with Crippen LogP contribution in [0, 0.1) is 6.92 Å². The topological polar surface area (TPSA) is 90.6 Å². The van der Waals surface area contributed by atoms with Gasteiger partial charge in [0.1, 0.15) is 28.8 Å². The molecule has 2 heterocycles. The fraction of sp³-hybridized carbons (Fsp3) is 0.375. The molecule has 0 spiro atoms. The van der Waals surface area contributed by atoms with Gasteiger partial charge in [0.05, 0.1) is 6.54 Å². The minimum absolute atomic E-state index is 0.0131. The first kappa shape index (κ1) is 16.8. The van der Waals surface area contributed by atoms with E-state index in [-0.39, 0.29) is 6.54 Å². The average Bonchev–Trinajstić information content (AvgIpc) is 2.93. The molecular weight excluding hydrogens is 296 g/mol. The number of urea groups is 1. The summed E-state index contributed by atoms with van der Waals surface area (Å²) in [5, 5.41) is 15.6. The molecule has 0 aliphatic rings. The van der Waals surface area contributed by atoms with Crippen LogP contribution in [0.15, 0.2) is 34.7 Å². The van der Waals surface area contributed by atoms with Crippen molar-refractivity contribution in [2.75, 3.05) is 30.9 Å². The lowest BCUT2D eigenvalue weighted by molar-refractivity contribution is 0.0364. The van der Waals surface area contributed by atoms with E-state index in [9.17, 15) is 9.90 Å². The second kappa shape index (κ2) is 6.70. The molecule has 1 atom stereocenters. The van der Waals surface area contributed by atoms with Gasteiger partial charge in [-0.3, -0.25) is 5.32 Å². The Kier molecular flexibility index (Phi) is 4.90. The van der Waals surface area contributed by atoms with Crippen LogP contribution in [-0.4, -0.2) is 36.8 Å². The first-order chi connectivity index (χ1) is 10.8. The van der Waals surface area contributed by atoms with Crippen molar-refractivity contribution in [3.8, 4) is 0 Å². The molecule has 124 valence electrons. The number of anilines is 2. The van der Waals surface area contributed by atoms with Gasteiger partial charge in [-0.1, -0.05) is 6.07 Å². The van der Waals surface area contributed by atoms with Crippen LogP contribution in [0.1, 0.15) is 18.4 Å². The van der Waals surface area contributed by atoms with E-state index in [1.165, 1.54) is 0 Å². The third kappa shape index (κ3) is 4.46. The Bertz CT molecular complexity index is 679. The third-order valence-electron chi connectivity index (χ3n) is 3.30. The van der Waals surface area contributed by atoms with Crippen molar-refractivity contribution < 1.29 is 14.3 Å². The third-order valence-corrected chi connectivity index (χ3v) is 3.30. The zero-order valence-electron chi connectivity index (χ0n) is 13.8. The smallest absolute Gasteiger partial charge is 0.320 e. The second-order valence-electron chi connectivity index (χ2n) is 5.77. The number of carbonyl (C=O) groups is 1. The van der Waals surface area contributed by atoms with Crippen molar-refractivity contribution in [2.45, 2.75) is 19.4 Å². The van der Waals surface area contributed by atoms with E-state index in [4.69, 9.17) is 4.42 Å². The maximum absolute atomic E-state index is 12.0. The molecule has 0 aromatic carbocycles. The minimum atomic E-state index is -1.29. The molecule has 2 amide bonds. The largest absolute Gasteiger partial charge is 0.463 e. The highest BCUT2D eigenvalue weighted by Crippen LogP contribution is 2.22. The van der Waals surface area contributed by atoms with Crippen LogP contribution in [0.4, 0.5) is 16.4 Å². The van der Waals surface area contributed by atoms with E-state index in [0.717, 1.165) is 5.82 Å². The van der Waals surface area contributed by atoms with Crippen LogP contribution < -0.4 is 15.5 Å². The molecule has 23 heavy (non-hydrogen) atoms. The first-order valence-electron chi connectivity index (χ1n) is 7.26. The van der Waals surface area contributed by atoms with Gasteiger partial charge in [0.25, 0.3) is 0 Å². The molecule has 0 bridgehead atoms. The lowest BCUT2D eigenvalue weighted by Gasteiger charge is -2.21. The standard InChI is InChI=1S/C16H22N4O3/c1-11-8-9-12(23-11)16(2,22)10-17-15(21)19-13-6-5-7-14(18-13)20(3)4/h5-9,22H,10H2,1-4H3,(H2,17,18,19,21)/t16-/m0/s1. The number of nitrogens with one attached hydrogen (secondary N) is 2. The molecule has 0 saturated heterocycles. The Morgan fingerprint density at radius 2 is 2.09 bits per heavy atom. The van der Waals surface area contributed by atoms with Crippen molar-refractivity contribution in [3.05, 3.63) is 41.9 Å². The molecule has 2 aromatic heterocycles. The van der Waals surface area contributed by atoms with Crippen molar-refractivity contribution in [2.24, 2.45) is 0 Å². The summed E-state index contributed by atoms with van der Waals surface area (Å²) in [6.07, 6.45) is 0. The molecule has 0 aliphatic heterocycles. The molecule has 0 aliphatic carbocycles. The number of aryl methyl sites for hydroxylation is 1. The normalized spacial score (nSPS) is 13.3. The lowest BCUT2D eigenvalue weighted by atomic mass is 10.0. The summed E-state index contributed by atoms with van der Waals surface area (Å²) in [5.74, 6) is 2.28. The van der Waals surface area contributed by atoms with Gasteiger partial charge in [-0.05, 0) is 38.1 Å². The molecule has 2 aromatic rings. The highest BCUT2D eigenvalue weighted by atomic mass is 16.4. The fourth-order valence-electron chi connectivity index (χ4n) is 1.97. The van der Waals surface area contributed by atoms with Gasteiger partial charge in [-0.25, -0.2) is 9.78 Å². The maximum Gasteiger partial charge on any atom is 0.320 e. The zero-order valence-corrected chi connectivity index (χ0v) is 13.8. The molecule has 0 fully saturated rings. The van der Waals surface area contributed by atoms with Gasteiger partial charge in [0.2, 0.25) is 0 Å². The summed E-state index contributed by atoms with van der Waals surface area (Å²) in [4.78, 5) is 18.1. The van der Waals surface area contributed by atoms with Gasteiger partial charge < -0.3 is 19.7 Å². The number of hydrogen-bond acceptors (Lipinski definition) is 5. The highest BCUT2D eigenvalue weighted by Gasteiger charge is 2.27. The van der Waals surface area contributed by atoms with Crippen LogP contribution >= 0.6 is 0 Å². The Hall–Kier alpha value is -2.54. The predicted octanol–water partition coefficient (Wildman–Crippen LogP) is 2.08. The van der Waals surface area contributed by atoms with Crippen LogP contribution in [0.2, 0.25) is 0 Å². The van der Waals surface area contributed by atoms with Crippen molar-refractivity contribution in [1.82, 2.24) is 10.3 Å². The summed E-state index contributed by atoms with van der Waals surface area (Å²) < 4.78 is 5.40. The van der Waals surface area contributed by atoms with E-state index >= 15 is 0 Å². The number of furan rings is 1. The van der Waals surface area contributed by atoms with E-state index in [2.05, 4.69) is 15.6 Å². The van der Waals surface area contributed by atoms with Crippen LogP contribution in [0.25, 0.3) is 0 Å². The monoisotopic (exact) mass is 318 g/mol. The SMILES string of the molecule is Cc1ccc([C@@](C)(O)CNC(=O)Nc2cccc(N(C)C)n2)o1. The maximum atomic E-state index is 12.0.